The molecule has 6 aromatic heterocycles. The smallest absolute Gasteiger partial charge is 0.238 e. The van der Waals surface area contributed by atoms with Gasteiger partial charge in [-0.2, -0.15) is 19.9 Å². The average molecular weight is 1280 g/mol. The minimum atomic E-state index is 0.529. The third-order valence-electron chi connectivity index (χ3n) is 19.7. The molecule has 0 bridgehead atoms. The summed E-state index contributed by atoms with van der Waals surface area (Å²) in [6, 6.07) is 120. The normalized spacial score (nSPS) is 11.8. The van der Waals surface area contributed by atoms with Crippen LogP contribution in [0.4, 0.5) is 0 Å². The number of para-hydroxylation sites is 4. The molecule has 10 nitrogen and oxygen atoms in total. The lowest BCUT2D eigenvalue weighted by molar-refractivity contribution is 0.953. The molecular weight excluding hydrogens is 1220 g/mol. The van der Waals surface area contributed by atoms with Crippen LogP contribution in [0.5, 0.6) is 0 Å². The van der Waals surface area contributed by atoms with Gasteiger partial charge in [-0.3, -0.25) is 9.13 Å². The number of hydrogen-bond donors (Lipinski definition) is 0. The highest BCUT2D eigenvalue weighted by atomic mass is 15.2. The van der Waals surface area contributed by atoms with Crippen LogP contribution in [0.1, 0.15) is 0 Å². The Kier molecular flexibility index (Phi) is 13.0. The van der Waals surface area contributed by atoms with E-state index in [2.05, 4.69) is 285 Å². The van der Waals surface area contributed by atoms with Crippen molar-refractivity contribution in [1.29, 1.82) is 0 Å². The number of nitrogens with zero attached hydrogens (tertiary/aromatic N) is 10. The third-order valence-corrected chi connectivity index (χ3v) is 19.7. The Balaban J connectivity index is 0.813. The van der Waals surface area contributed by atoms with Crippen molar-refractivity contribution in [3.8, 4) is 102 Å². The Hall–Kier alpha value is -13.7. The Morgan fingerprint density at radius 3 is 0.960 bits per heavy atom. The van der Waals surface area contributed by atoms with Crippen molar-refractivity contribution < 1.29 is 0 Å². The first-order chi connectivity index (χ1) is 49.6. The molecule has 6 heterocycles. The number of benzene rings is 14. The van der Waals surface area contributed by atoms with Crippen molar-refractivity contribution >= 4 is 87.2 Å². The van der Waals surface area contributed by atoms with Gasteiger partial charge in [-0.05, 0) is 100 Å². The van der Waals surface area contributed by atoms with Gasteiger partial charge in [0.15, 0.2) is 23.3 Å². The van der Waals surface area contributed by atoms with Gasteiger partial charge in [0, 0.05) is 76.7 Å². The van der Waals surface area contributed by atoms with E-state index in [0.29, 0.717) is 35.2 Å². The second-order valence-electron chi connectivity index (χ2n) is 25.4. The van der Waals surface area contributed by atoms with Crippen molar-refractivity contribution in [1.82, 2.24) is 48.2 Å². The summed E-state index contributed by atoms with van der Waals surface area (Å²) in [6.45, 7) is 0. The Morgan fingerprint density at radius 2 is 0.500 bits per heavy atom. The summed E-state index contributed by atoms with van der Waals surface area (Å²) in [5.74, 6) is 3.42. The fraction of sp³-hybridized carbons (Fsp3) is 0. The molecule has 0 amide bonds. The molecule has 466 valence electrons. The second-order valence-corrected chi connectivity index (χ2v) is 25.4. The first-order valence-electron chi connectivity index (χ1n) is 33.7. The van der Waals surface area contributed by atoms with Crippen LogP contribution in [0.25, 0.3) is 189 Å². The van der Waals surface area contributed by atoms with Crippen molar-refractivity contribution in [3.05, 3.63) is 340 Å². The molecule has 0 radical (unpaired) electrons. The van der Waals surface area contributed by atoms with Gasteiger partial charge in [0.05, 0.1) is 44.1 Å². The molecule has 0 spiro atoms. The lowest BCUT2D eigenvalue weighted by Crippen LogP contribution is -2.07. The van der Waals surface area contributed by atoms with Gasteiger partial charge in [-0.25, -0.2) is 9.97 Å². The van der Waals surface area contributed by atoms with Gasteiger partial charge in [0.1, 0.15) is 0 Å². The summed E-state index contributed by atoms with van der Waals surface area (Å²) in [5.41, 5.74) is 20.6. The Bertz CT molecular complexity index is 6470. The highest BCUT2D eigenvalue weighted by Crippen LogP contribution is 2.48. The number of aromatic nitrogens is 10. The van der Waals surface area contributed by atoms with E-state index in [0.717, 1.165) is 154 Å². The first kappa shape index (κ1) is 56.6. The van der Waals surface area contributed by atoms with Crippen LogP contribution in [-0.4, -0.2) is 48.2 Å². The number of fused-ring (bicyclic) bond motifs is 14. The van der Waals surface area contributed by atoms with E-state index in [-0.39, 0.29) is 0 Å². The van der Waals surface area contributed by atoms with Crippen LogP contribution in [0, 0.1) is 0 Å². The van der Waals surface area contributed by atoms with Crippen LogP contribution in [0.3, 0.4) is 0 Å². The minimum Gasteiger partial charge on any atom is -0.307 e. The SMILES string of the molecule is c1ccc(-c2ccc3c(c2)c2ccc4c5cc(-c6ccc(-c7cc8c9ccccc9n(-c9ccccc9)c8c8c7c7ccccc7n8-c7nc(-c8ccccc8)nc(-c8ccccc8)n7)cc6)ccc5n(-c5ccccc5)c4c2n3-c2nc(-c3ccccc3)nc(-c3ccccc3)n2)cc1. The van der Waals surface area contributed by atoms with Gasteiger partial charge in [0.2, 0.25) is 11.9 Å². The molecule has 0 atom stereocenters. The molecule has 0 aliphatic heterocycles. The maximum atomic E-state index is 5.45. The van der Waals surface area contributed by atoms with E-state index in [1.54, 1.807) is 0 Å². The molecule has 0 saturated heterocycles. The van der Waals surface area contributed by atoms with E-state index in [1.807, 2.05) is 72.8 Å². The molecule has 100 heavy (non-hydrogen) atoms. The lowest BCUT2D eigenvalue weighted by atomic mass is 9.94. The third kappa shape index (κ3) is 9.12. The Morgan fingerprint density at radius 1 is 0.180 bits per heavy atom. The van der Waals surface area contributed by atoms with E-state index >= 15 is 0 Å². The maximum Gasteiger partial charge on any atom is 0.238 e. The molecule has 0 aliphatic carbocycles. The molecule has 0 saturated carbocycles. The summed E-state index contributed by atoms with van der Waals surface area (Å²) in [5, 5.41) is 8.83. The van der Waals surface area contributed by atoms with E-state index in [1.165, 1.54) is 0 Å². The predicted octanol–water partition coefficient (Wildman–Crippen LogP) is 22.1. The second kappa shape index (κ2) is 23.0. The predicted molar refractivity (Wildman–Crippen MR) is 409 cm³/mol. The molecule has 0 aliphatic rings. The number of hydrogen-bond acceptors (Lipinski definition) is 6. The van der Waals surface area contributed by atoms with Crippen LogP contribution in [0.15, 0.2) is 340 Å². The van der Waals surface area contributed by atoms with Crippen molar-refractivity contribution in [2.75, 3.05) is 0 Å². The van der Waals surface area contributed by atoms with Crippen LogP contribution < -0.4 is 0 Å². The summed E-state index contributed by atoms with van der Waals surface area (Å²) in [6.07, 6.45) is 0. The summed E-state index contributed by atoms with van der Waals surface area (Å²) in [4.78, 5) is 32.1. The van der Waals surface area contributed by atoms with Gasteiger partial charge in [-0.15, -0.1) is 0 Å². The van der Waals surface area contributed by atoms with Gasteiger partial charge in [0.25, 0.3) is 0 Å². The van der Waals surface area contributed by atoms with Crippen molar-refractivity contribution in [3.63, 3.8) is 0 Å². The molecular formula is C90H56N10. The fourth-order valence-electron chi connectivity index (χ4n) is 15.2. The molecule has 0 unspecified atom stereocenters. The molecule has 20 aromatic rings. The van der Waals surface area contributed by atoms with Crippen LogP contribution in [-0.2, 0) is 0 Å². The standard InChI is InChI=1S/C90H56N10/c1-8-26-57(27-9-1)64-49-53-79-74(54-64)70-51-50-69-73-55-65(48-52-78(73)98(67-38-20-7-21-39-67)81(69)82(70)99(79)89-93-85(60-28-10-2-11-29-60)91-86(94-89)61-30-12-3-13-31-61)58-44-46-59(47-45-58)72-56-75-68-40-22-24-42-76(68)97(66-36-18-6-19-37-66)83(75)84-80(72)71-41-23-25-43-77(71)100(84)90-95-87(62-32-14-4-15-33-62)92-88(96-90)63-34-16-5-17-35-63/h1-56H. The molecule has 0 fully saturated rings. The van der Waals surface area contributed by atoms with Crippen LogP contribution in [0.2, 0.25) is 0 Å². The monoisotopic (exact) mass is 1280 g/mol. The quantitative estimate of drug-likeness (QED) is 0.128. The highest BCUT2D eigenvalue weighted by Gasteiger charge is 2.29. The van der Waals surface area contributed by atoms with Gasteiger partial charge >= 0.3 is 0 Å². The maximum absolute atomic E-state index is 5.45. The molecule has 20 rings (SSSR count). The van der Waals surface area contributed by atoms with Gasteiger partial charge < -0.3 is 9.13 Å². The first-order valence-corrected chi connectivity index (χ1v) is 33.7. The molecule has 0 N–H and O–H groups in total. The fourth-order valence-corrected chi connectivity index (χ4v) is 15.2. The van der Waals surface area contributed by atoms with Crippen LogP contribution >= 0.6 is 0 Å². The van der Waals surface area contributed by atoms with Gasteiger partial charge in [-0.1, -0.05) is 273 Å². The average Bonchev–Trinajstić information content (AvgIpc) is 1.54. The molecule has 10 heteroatoms. The largest absolute Gasteiger partial charge is 0.307 e. The van der Waals surface area contributed by atoms with E-state index < -0.39 is 0 Å². The zero-order chi connectivity index (χ0) is 65.8. The van der Waals surface area contributed by atoms with E-state index in [9.17, 15) is 0 Å². The highest BCUT2D eigenvalue weighted by molar-refractivity contribution is 6.29. The lowest BCUT2D eigenvalue weighted by Gasteiger charge is -2.14. The summed E-state index contributed by atoms with van der Waals surface area (Å²) < 4.78 is 9.41. The van der Waals surface area contributed by atoms with Crippen molar-refractivity contribution in [2.24, 2.45) is 0 Å². The van der Waals surface area contributed by atoms with Crippen molar-refractivity contribution in [2.45, 2.75) is 0 Å². The minimum absolute atomic E-state index is 0.529. The topological polar surface area (TPSA) is 97.1 Å². The zero-order valence-electron chi connectivity index (χ0n) is 53.8. The summed E-state index contributed by atoms with van der Waals surface area (Å²) in [7, 11) is 0. The van der Waals surface area contributed by atoms with E-state index in [4.69, 9.17) is 29.9 Å². The molecule has 14 aromatic carbocycles. The Labute approximate surface area is 574 Å². The summed E-state index contributed by atoms with van der Waals surface area (Å²) >= 11 is 0. The number of rotatable bonds is 11. The zero-order valence-corrected chi connectivity index (χ0v) is 53.8.